The molecule has 0 aromatic carbocycles. The summed E-state index contributed by atoms with van der Waals surface area (Å²) >= 11 is 0. The van der Waals surface area contributed by atoms with E-state index in [1.165, 1.54) is 32.1 Å². The van der Waals surface area contributed by atoms with Gasteiger partial charge in [0.2, 0.25) is 5.89 Å². The second kappa shape index (κ2) is 7.82. The highest BCUT2D eigenvalue weighted by atomic mass is 35.5. The van der Waals surface area contributed by atoms with Crippen molar-refractivity contribution in [2.45, 2.75) is 58.2 Å². The Balaban J connectivity index is 0.00000180. The highest BCUT2D eigenvalue weighted by Gasteiger charge is 2.23. The van der Waals surface area contributed by atoms with Crippen LogP contribution in [0.15, 0.2) is 4.52 Å². The number of halogens is 1. The zero-order valence-electron chi connectivity index (χ0n) is 11.8. The van der Waals surface area contributed by atoms with Crippen molar-refractivity contribution in [3.63, 3.8) is 0 Å². The normalized spacial score (nSPS) is 23.4. The van der Waals surface area contributed by atoms with Crippen LogP contribution in [0.1, 0.15) is 50.7 Å². The third kappa shape index (κ3) is 4.44. The maximum Gasteiger partial charge on any atom is 0.240 e. The van der Waals surface area contributed by atoms with Crippen LogP contribution in [0.2, 0.25) is 0 Å². The molecule has 0 bridgehead atoms. The molecule has 0 amide bonds. The van der Waals surface area contributed by atoms with Crippen LogP contribution in [0.4, 0.5) is 0 Å². The van der Waals surface area contributed by atoms with Crippen LogP contribution < -0.4 is 5.73 Å². The molecule has 1 heterocycles. The Morgan fingerprint density at radius 3 is 2.53 bits per heavy atom. The fourth-order valence-corrected chi connectivity index (χ4v) is 2.78. The van der Waals surface area contributed by atoms with E-state index in [0.29, 0.717) is 18.5 Å². The fourth-order valence-electron chi connectivity index (χ4n) is 2.78. The zero-order chi connectivity index (χ0) is 13.0. The second-order valence-corrected chi connectivity index (χ2v) is 5.31. The minimum Gasteiger partial charge on any atom is -0.338 e. The predicted octanol–water partition coefficient (Wildman–Crippen LogP) is 2.35. The van der Waals surface area contributed by atoms with Crippen LogP contribution in [0.25, 0.3) is 0 Å². The molecule has 110 valence electrons. The van der Waals surface area contributed by atoms with Gasteiger partial charge in [-0.05, 0) is 38.6 Å². The van der Waals surface area contributed by atoms with Crippen molar-refractivity contribution < 1.29 is 4.52 Å². The molecule has 2 rings (SSSR count). The Morgan fingerprint density at radius 2 is 2.00 bits per heavy atom. The topological polar surface area (TPSA) is 68.2 Å². The first kappa shape index (κ1) is 16.4. The smallest absolute Gasteiger partial charge is 0.240 e. The third-order valence-electron chi connectivity index (χ3n) is 4.09. The Bertz CT molecular complexity index is 363. The van der Waals surface area contributed by atoms with Gasteiger partial charge in [-0.25, -0.2) is 0 Å². The van der Waals surface area contributed by atoms with Crippen molar-refractivity contribution in [2.24, 2.45) is 11.7 Å². The van der Waals surface area contributed by atoms with Crippen molar-refractivity contribution in [2.75, 3.05) is 7.05 Å². The summed E-state index contributed by atoms with van der Waals surface area (Å²) in [4.78, 5) is 6.59. The first-order valence-electron chi connectivity index (χ1n) is 6.94. The van der Waals surface area contributed by atoms with Crippen molar-refractivity contribution in [3.8, 4) is 0 Å². The van der Waals surface area contributed by atoms with Gasteiger partial charge in [-0.15, -0.1) is 12.4 Å². The van der Waals surface area contributed by atoms with Gasteiger partial charge in [0, 0.05) is 6.04 Å². The van der Waals surface area contributed by atoms with E-state index in [2.05, 4.69) is 29.0 Å². The molecule has 1 aliphatic carbocycles. The summed E-state index contributed by atoms with van der Waals surface area (Å²) in [6.45, 7) is 3.37. The van der Waals surface area contributed by atoms with E-state index < -0.39 is 0 Å². The standard InChI is InChI=1S/C13H24N4O.ClH/c1-3-10-4-6-11(7-5-10)17(2)9-12-15-13(8-14)18-16-12;/h10-11H,3-9,14H2,1-2H3;1H. The molecule has 0 radical (unpaired) electrons. The van der Waals surface area contributed by atoms with E-state index in [1.807, 2.05) is 0 Å². The molecule has 19 heavy (non-hydrogen) atoms. The van der Waals surface area contributed by atoms with Crippen molar-refractivity contribution in [3.05, 3.63) is 11.7 Å². The fraction of sp³-hybridized carbons (Fsp3) is 0.846. The molecule has 0 aliphatic heterocycles. The van der Waals surface area contributed by atoms with Gasteiger partial charge in [0.25, 0.3) is 0 Å². The van der Waals surface area contributed by atoms with Crippen molar-refractivity contribution in [1.82, 2.24) is 15.0 Å². The van der Waals surface area contributed by atoms with Gasteiger partial charge in [-0.2, -0.15) is 4.98 Å². The highest BCUT2D eigenvalue weighted by molar-refractivity contribution is 5.85. The molecular formula is C13H25ClN4O. The van der Waals surface area contributed by atoms with Gasteiger partial charge in [-0.1, -0.05) is 18.5 Å². The van der Waals surface area contributed by atoms with Gasteiger partial charge < -0.3 is 10.3 Å². The van der Waals surface area contributed by atoms with Crippen LogP contribution in [-0.2, 0) is 13.1 Å². The number of hydrogen-bond donors (Lipinski definition) is 1. The van der Waals surface area contributed by atoms with Crippen LogP contribution >= 0.6 is 12.4 Å². The number of nitrogens with zero attached hydrogens (tertiary/aromatic N) is 3. The summed E-state index contributed by atoms with van der Waals surface area (Å²) in [5.74, 6) is 2.20. The van der Waals surface area contributed by atoms with E-state index in [0.717, 1.165) is 18.3 Å². The van der Waals surface area contributed by atoms with Gasteiger partial charge in [-0.3, -0.25) is 4.90 Å². The number of hydrogen-bond acceptors (Lipinski definition) is 5. The van der Waals surface area contributed by atoms with E-state index in [4.69, 9.17) is 10.3 Å². The molecule has 1 aromatic rings. The average molecular weight is 289 g/mol. The van der Waals surface area contributed by atoms with Gasteiger partial charge in [0.05, 0.1) is 13.1 Å². The number of rotatable bonds is 5. The Hall–Kier alpha value is -0.650. The highest BCUT2D eigenvalue weighted by Crippen LogP contribution is 2.29. The Morgan fingerprint density at radius 1 is 1.32 bits per heavy atom. The van der Waals surface area contributed by atoms with E-state index in [9.17, 15) is 0 Å². The molecule has 1 fully saturated rings. The number of nitrogens with two attached hydrogens (primary N) is 1. The first-order valence-corrected chi connectivity index (χ1v) is 6.94. The molecule has 1 aliphatic rings. The molecule has 0 saturated heterocycles. The monoisotopic (exact) mass is 288 g/mol. The maximum absolute atomic E-state index is 5.46. The van der Waals surface area contributed by atoms with Crippen LogP contribution in [0.3, 0.4) is 0 Å². The summed E-state index contributed by atoms with van der Waals surface area (Å²) in [7, 11) is 2.15. The third-order valence-corrected chi connectivity index (χ3v) is 4.09. The lowest BCUT2D eigenvalue weighted by molar-refractivity contribution is 0.153. The van der Waals surface area contributed by atoms with Gasteiger partial charge >= 0.3 is 0 Å². The summed E-state index contributed by atoms with van der Waals surface area (Å²) in [6.07, 6.45) is 6.60. The molecular weight excluding hydrogens is 264 g/mol. The molecule has 0 atom stereocenters. The van der Waals surface area contributed by atoms with Crippen LogP contribution in [0, 0.1) is 5.92 Å². The van der Waals surface area contributed by atoms with E-state index >= 15 is 0 Å². The lowest BCUT2D eigenvalue weighted by atomic mass is 9.84. The molecule has 1 saturated carbocycles. The second-order valence-electron chi connectivity index (χ2n) is 5.31. The zero-order valence-corrected chi connectivity index (χ0v) is 12.7. The minimum atomic E-state index is 0. The Labute approximate surface area is 121 Å². The minimum absolute atomic E-state index is 0. The van der Waals surface area contributed by atoms with Crippen molar-refractivity contribution >= 4 is 12.4 Å². The van der Waals surface area contributed by atoms with Crippen molar-refractivity contribution in [1.29, 1.82) is 0 Å². The SMILES string of the molecule is CCC1CCC(N(C)Cc2noc(CN)n2)CC1.Cl. The Kier molecular flexibility index (Phi) is 6.75. The van der Waals surface area contributed by atoms with Gasteiger partial charge in [0.1, 0.15) is 0 Å². The van der Waals surface area contributed by atoms with Crippen LogP contribution in [0.5, 0.6) is 0 Å². The summed E-state index contributed by atoms with van der Waals surface area (Å²) < 4.78 is 5.02. The molecule has 5 nitrogen and oxygen atoms in total. The van der Waals surface area contributed by atoms with Gasteiger partial charge in [0.15, 0.2) is 5.82 Å². The van der Waals surface area contributed by atoms with Crippen LogP contribution in [-0.4, -0.2) is 28.1 Å². The predicted molar refractivity (Wildman–Crippen MR) is 76.9 cm³/mol. The number of aromatic nitrogens is 2. The average Bonchev–Trinajstić information content (AvgIpc) is 2.86. The molecule has 6 heteroatoms. The lowest BCUT2D eigenvalue weighted by Gasteiger charge is -2.33. The van der Waals surface area contributed by atoms with E-state index in [1.54, 1.807) is 0 Å². The quantitative estimate of drug-likeness (QED) is 0.901. The summed E-state index contributed by atoms with van der Waals surface area (Å²) in [5.41, 5.74) is 5.46. The summed E-state index contributed by atoms with van der Waals surface area (Å²) in [6, 6.07) is 0.660. The molecule has 1 aromatic heterocycles. The largest absolute Gasteiger partial charge is 0.338 e. The molecule has 0 unspecified atom stereocenters. The molecule has 0 spiro atoms. The summed E-state index contributed by atoms with van der Waals surface area (Å²) in [5, 5.41) is 3.95. The first-order chi connectivity index (χ1) is 8.72. The molecule has 2 N–H and O–H groups in total. The van der Waals surface area contributed by atoms with E-state index in [-0.39, 0.29) is 12.4 Å². The lowest BCUT2D eigenvalue weighted by Crippen LogP contribution is -2.34. The maximum atomic E-state index is 5.46.